The number of benzene rings is 2. The number of nitrogens with zero attached hydrogens (tertiary/aromatic N) is 2. The largest absolute Gasteiger partial charge is 0.237 e. The van der Waals surface area contributed by atoms with Gasteiger partial charge in [0.05, 0.1) is 5.41 Å². The smallest absolute Gasteiger partial charge is 0.211 e. The predicted molar refractivity (Wildman–Crippen MR) is 84.0 cm³/mol. The van der Waals surface area contributed by atoms with Gasteiger partial charge in [-0.3, -0.25) is 0 Å². The molecule has 0 unspecified atom stereocenters. The third-order valence-electron chi connectivity index (χ3n) is 3.93. The molecule has 0 amide bonds. The quantitative estimate of drug-likeness (QED) is 0.605. The van der Waals surface area contributed by atoms with Gasteiger partial charge in [0.2, 0.25) is 12.2 Å². The number of isocyanates is 2. The molecule has 0 aliphatic heterocycles. The Morgan fingerprint density at radius 1 is 0.864 bits per heavy atom. The van der Waals surface area contributed by atoms with E-state index in [1.807, 2.05) is 67.6 Å². The topological polar surface area (TPSA) is 58.9 Å². The van der Waals surface area contributed by atoms with E-state index in [-0.39, 0.29) is 0 Å². The first-order chi connectivity index (χ1) is 10.8. The van der Waals surface area contributed by atoms with Crippen LogP contribution in [0.3, 0.4) is 0 Å². The van der Waals surface area contributed by atoms with Crippen LogP contribution in [0, 0.1) is 0 Å². The Morgan fingerprint density at radius 3 is 1.59 bits per heavy atom. The Bertz CT molecular complexity index is 643. The number of rotatable bonds is 6. The van der Waals surface area contributed by atoms with Gasteiger partial charge in [-0.2, -0.15) is 9.98 Å². The van der Waals surface area contributed by atoms with Crippen molar-refractivity contribution in [3.63, 3.8) is 0 Å². The van der Waals surface area contributed by atoms with E-state index in [0.29, 0.717) is 6.42 Å². The van der Waals surface area contributed by atoms with Gasteiger partial charge in [-0.15, -0.1) is 0 Å². The zero-order chi connectivity index (χ0) is 15.8. The van der Waals surface area contributed by atoms with Gasteiger partial charge < -0.3 is 0 Å². The molecule has 0 spiro atoms. The molecule has 2 aromatic rings. The van der Waals surface area contributed by atoms with E-state index in [0.717, 1.165) is 11.1 Å². The molecule has 0 aliphatic rings. The van der Waals surface area contributed by atoms with Crippen LogP contribution < -0.4 is 0 Å². The normalized spacial score (nSPS) is 11.9. The van der Waals surface area contributed by atoms with Crippen LogP contribution in [-0.2, 0) is 15.0 Å². The minimum atomic E-state index is -0.891. The molecule has 22 heavy (non-hydrogen) atoms. The first kappa shape index (κ1) is 15.6. The third kappa shape index (κ3) is 2.79. The van der Waals surface area contributed by atoms with Gasteiger partial charge in [-0.1, -0.05) is 67.6 Å². The minimum absolute atomic E-state index is 0.613. The molecule has 0 bridgehead atoms. The molecular formula is C18H16N2O2. The van der Waals surface area contributed by atoms with Crippen molar-refractivity contribution in [3.8, 4) is 0 Å². The molecule has 0 heterocycles. The Labute approximate surface area is 129 Å². The summed E-state index contributed by atoms with van der Waals surface area (Å²) in [4.78, 5) is 29.2. The second-order valence-corrected chi connectivity index (χ2v) is 4.87. The predicted octanol–water partition coefficient (Wildman–Crippen LogP) is 3.38. The molecule has 0 saturated heterocycles. The monoisotopic (exact) mass is 292 g/mol. The summed E-state index contributed by atoms with van der Waals surface area (Å²) in [5.41, 5.74) is 1.16. The summed E-state index contributed by atoms with van der Waals surface area (Å²) in [6.07, 6.45) is 2.79. The summed E-state index contributed by atoms with van der Waals surface area (Å²) in [7, 11) is 0. The molecule has 0 atom stereocenters. The van der Waals surface area contributed by atoms with Crippen LogP contribution in [0.25, 0.3) is 0 Å². The number of hydrogen-bond donors (Lipinski definition) is 0. The zero-order valence-corrected chi connectivity index (χ0v) is 12.3. The Hall–Kier alpha value is -2.80. The Balaban J connectivity index is 2.77. The summed E-state index contributed by atoms with van der Waals surface area (Å²) >= 11 is 0. The van der Waals surface area contributed by atoms with Gasteiger partial charge in [-0.25, -0.2) is 9.59 Å². The fourth-order valence-corrected chi connectivity index (χ4v) is 2.88. The van der Waals surface area contributed by atoms with E-state index in [2.05, 4.69) is 9.98 Å². The molecule has 0 aromatic heterocycles. The van der Waals surface area contributed by atoms with Gasteiger partial charge in [-0.05, 0) is 17.5 Å². The lowest BCUT2D eigenvalue weighted by atomic mass is 9.70. The highest BCUT2D eigenvalue weighted by atomic mass is 16.1. The van der Waals surface area contributed by atoms with Crippen LogP contribution in [0.1, 0.15) is 24.5 Å². The van der Waals surface area contributed by atoms with Crippen molar-refractivity contribution in [2.24, 2.45) is 9.98 Å². The van der Waals surface area contributed by atoms with Crippen LogP contribution in [0.5, 0.6) is 0 Å². The minimum Gasteiger partial charge on any atom is -0.211 e. The number of hydrogen-bond acceptors (Lipinski definition) is 4. The van der Waals surface area contributed by atoms with E-state index >= 15 is 0 Å². The fourth-order valence-electron chi connectivity index (χ4n) is 2.88. The second-order valence-electron chi connectivity index (χ2n) is 4.87. The van der Waals surface area contributed by atoms with Crippen LogP contribution in [0.2, 0.25) is 0 Å². The van der Waals surface area contributed by atoms with Crippen LogP contribution >= 0.6 is 0 Å². The van der Waals surface area contributed by atoms with E-state index in [1.54, 1.807) is 0 Å². The maximum Gasteiger partial charge on any atom is 0.237 e. The lowest BCUT2D eigenvalue weighted by Crippen LogP contribution is -2.38. The molecule has 2 rings (SSSR count). The van der Waals surface area contributed by atoms with Gasteiger partial charge in [0.1, 0.15) is 0 Å². The zero-order valence-electron chi connectivity index (χ0n) is 12.3. The molecule has 0 aliphatic carbocycles. The summed E-state index contributed by atoms with van der Waals surface area (Å²) in [5, 5.41) is 0. The van der Waals surface area contributed by atoms with E-state index in [9.17, 15) is 9.59 Å². The molecule has 0 N–H and O–H groups in total. The van der Waals surface area contributed by atoms with E-state index in [1.165, 1.54) is 12.2 Å². The molecule has 0 radical (unpaired) electrons. The van der Waals surface area contributed by atoms with Crippen LogP contribution in [-0.4, -0.2) is 18.3 Å². The maximum atomic E-state index is 10.8. The van der Waals surface area contributed by atoms with Crippen molar-refractivity contribution in [1.82, 2.24) is 0 Å². The van der Waals surface area contributed by atoms with Crippen molar-refractivity contribution in [1.29, 1.82) is 0 Å². The molecule has 2 aromatic carbocycles. The summed E-state index contributed by atoms with van der Waals surface area (Å²) in [5.74, 6) is 0. The molecule has 4 nitrogen and oxygen atoms in total. The van der Waals surface area contributed by atoms with Crippen molar-refractivity contribution >= 4 is 12.2 Å². The highest BCUT2D eigenvalue weighted by Gasteiger charge is 2.41. The maximum absolute atomic E-state index is 10.8. The standard InChI is InChI=1S/C18H16N2O2/c1-2-18(15-9-5-3-6-10-15,16-11-7-4-8-12-16)17(19-13-21)20-14-22/h3-12,17H,2H2,1H3. The van der Waals surface area contributed by atoms with E-state index < -0.39 is 11.6 Å². The molecule has 0 fully saturated rings. The van der Waals surface area contributed by atoms with Gasteiger partial charge in [0, 0.05) is 0 Å². The summed E-state index contributed by atoms with van der Waals surface area (Å²) < 4.78 is 0. The van der Waals surface area contributed by atoms with Crippen molar-refractivity contribution in [2.75, 3.05) is 0 Å². The van der Waals surface area contributed by atoms with Crippen LogP contribution in [0.4, 0.5) is 0 Å². The number of aliphatic imine (C=N–C) groups is 2. The second kappa shape index (κ2) is 7.28. The Morgan fingerprint density at radius 2 is 1.27 bits per heavy atom. The SMILES string of the molecule is CCC(c1ccccc1)(c1ccccc1)C(N=C=O)N=C=O. The highest BCUT2D eigenvalue weighted by Crippen LogP contribution is 2.40. The van der Waals surface area contributed by atoms with Crippen molar-refractivity contribution in [2.45, 2.75) is 24.9 Å². The summed E-state index contributed by atoms with van der Waals surface area (Å²) in [6, 6.07) is 19.3. The summed E-state index contributed by atoms with van der Waals surface area (Å²) in [6.45, 7) is 1.98. The number of carbonyl (C=O) groups excluding carboxylic acids is 2. The average molecular weight is 292 g/mol. The third-order valence-corrected chi connectivity index (χ3v) is 3.93. The molecule has 0 saturated carbocycles. The Kier molecular flexibility index (Phi) is 5.16. The van der Waals surface area contributed by atoms with E-state index in [4.69, 9.17) is 0 Å². The molecule has 110 valence electrons. The fraction of sp³-hybridized carbons (Fsp3) is 0.222. The molecular weight excluding hydrogens is 276 g/mol. The highest BCUT2D eigenvalue weighted by molar-refractivity contribution is 5.46. The lowest BCUT2D eigenvalue weighted by Gasteiger charge is -2.36. The van der Waals surface area contributed by atoms with Crippen molar-refractivity contribution in [3.05, 3.63) is 71.8 Å². The van der Waals surface area contributed by atoms with Gasteiger partial charge in [0.15, 0.2) is 6.17 Å². The first-order valence-electron chi connectivity index (χ1n) is 7.04. The molecule has 4 heteroatoms. The first-order valence-corrected chi connectivity index (χ1v) is 7.04. The van der Waals surface area contributed by atoms with Crippen molar-refractivity contribution < 1.29 is 9.59 Å². The van der Waals surface area contributed by atoms with Gasteiger partial charge in [0.25, 0.3) is 0 Å². The van der Waals surface area contributed by atoms with Crippen LogP contribution in [0.15, 0.2) is 70.6 Å². The average Bonchev–Trinajstić information content (AvgIpc) is 2.58. The lowest BCUT2D eigenvalue weighted by molar-refractivity contribution is 0.400. The van der Waals surface area contributed by atoms with Gasteiger partial charge >= 0.3 is 0 Å².